The number of halogens is 1. The number of allylic oxidation sites excluding steroid dienone is 1. The second-order valence-corrected chi connectivity index (χ2v) is 11.8. The highest BCUT2D eigenvalue weighted by Gasteiger charge is 2.38. The summed E-state index contributed by atoms with van der Waals surface area (Å²) < 4.78 is 25.4. The van der Waals surface area contributed by atoms with Gasteiger partial charge >= 0.3 is 5.97 Å². The third kappa shape index (κ3) is 4.03. The Morgan fingerprint density at radius 3 is 2.56 bits per heavy atom. The molecule has 3 aromatic carbocycles. The molecule has 0 amide bonds. The highest BCUT2D eigenvalue weighted by Crippen LogP contribution is 2.57. The molecule has 2 aliphatic rings. The van der Waals surface area contributed by atoms with Crippen molar-refractivity contribution in [2.24, 2.45) is 0 Å². The maximum Gasteiger partial charge on any atom is 0.345 e. The monoisotopic (exact) mass is 476 g/mol. The molecule has 5 rings (SSSR count). The largest absolute Gasteiger partial charge is 0.481 e. The van der Waals surface area contributed by atoms with Gasteiger partial charge in [-0.1, -0.05) is 24.3 Å². The van der Waals surface area contributed by atoms with Gasteiger partial charge in [-0.15, -0.1) is 0 Å². The SMILES string of the molecule is CC1=Cc2ccccc2[SH]1c1cc(C)c(OCC(=O)OC2(C)CCc3cc(F)ccc32)c(C)c1. The number of esters is 1. The van der Waals surface area contributed by atoms with Crippen LogP contribution in [0.1, 0.15) is 48.1 Å². The van der Waals surface area contributed by atoms with Gasteiger partial charge in [0.05, 0.1) is 0 Å². The van der Waals surface area contributed by atoms with E-state index < -0.39 is 22.5 Å². The molecule has 1 heterocycles. The summed E-state index contributed by atoms with van der Waals surface area (Å²) in [6, 6.07) is 17.6. The molecule has 0 saturated heterocycles. The maximum atomic E-state index is 13.6. The number of benzene rings is 3. The molecule has 0 aromatic heterocycles. The first-order valence-corrected chi connectivity index (χ1v) is 12.9. The summed E-state index contributed by atoms with van der Waals surface area (Å²) in [5.41, 5.74) is 4.35. The summed E-state index contributed by atoms with van der Waals surface area (Å²) in [7, 11) is -0.540. The van der Waals surface area contributed by atoms with Crippen molar-refractivity contribution in [1.82, 2.24) is 0 Å². The summed E-state index contributed by atoms with van der Waals surface area (Å²) in [6.45, 7) is 7.97. The van der Waals surface area contributed by atoms with Crippen LogP contribution in [0, 0.1) is 19.7 Å². The Labute approximate surface area is 203 Å². The zero-order chi connectivity index (χ0) is 24.0. The lowest BCUT2D eigenvalue weighted by Gasteiger charge is -2.26. The van der Waals surface area contributed by atoms with Gasteiger partial charge in [0.1, 0.15) is 17.2 Å². The van der Waals surface area contributed by atoms with E-state index in [1.165, 1.54) is 32.4 Å². The molecule has 0 fully saturated rings. The van der Waals surface area contributed by atoms with E-state index in [4.69, 9.17) is 9.47 Å². The van der Waals surface area contributed by atoms with Crippen LogP contribution >= 0.6 is 10.9 Å². The van der Waals surface area contributed by atoms with E-state index in [2.05, 4.69) is 49.4 Å². The molecule has 5 heteroatoms. The van der Waals surface area contributed by atoms with Crippen molar-refractivity contribution in [3.63, 3.8) is 0 Å². The molecule has 3 aromatic rings. The van der Waals surface area contributed by atoms with Crippen LogP contribution in [0.2, 0.25) is 0 Å². The van der Waals surface area contributed by atoms with Gasteiger partial charge in [0, 0.05) is 4.90 Å². The van der Waals surface area contributed by atoms with Gasteiger partial charge in [-0.05, 0) is 115 Å². The van der Waals surface area contributed by atoms with Crippen LogP contribution in [-0.4, -0.2) is 12.6 Å². The Morgan fingerprint density at radius 2 is 1.79 bits per heavy atom. The summed E-state index contributed by atoms with van der Waals surface area (Å²) in [5, 5.41) is 0. The number of carbonyl (C=O) groups excluding carboxylic acids is 1. The minimum absolute atomic E-state index is 0.163. The second-order valence-electron chi connectivity index (χ2n) is 9.38. The van der Waals surface area contributed by atoms with Crippen molar-refractivity contribution < 1.29 is 18.7 Å². The van der Waals surface area contributed by atoms with Gasteiger partial charge in [0.15, 0.2) is 6.61 Å². The van der Waals surface area contributed by atoms with Crippen molar-refractivity contribution >= 4 is 22.9 Å². The average Bonchev–Trinajstić information content (AvgIpc) is 3.28. The summed E-state index contributed by atoms with van der Waals surface area (Å²) in [4.78, 5) is 16.8. The van der Waals surface area contributed by atoms with E-state index in [-0.39, 0.29) is 12.4 Å². The lowest BCUT2D eigenvalue weighted by molar-refractivity contribution is -0.161. The fourth-order valence-electron chi connectivity index (χ4n) is 5.23. The standard InChI is InChI=1S/C29H29FO3S/c1-18-13-24(34-20(3)15-22-7-5-6-8-26(22)34)14-19(2)28(18)32-17-27(31)33-29(4)12-11-21-16-23(30)9-10-25(21)29/h5-10,13-16,34H,11-12,17H2,1-4H3. The van der Waals surface area contributed by atoms with Crippen molar-refractivity contribution in [1.29, 1.82) is 0 Å². The molecule has 0 bridgehead atoms. The van der Waals surface area contributed by atoms with E-state index in [1.807, 2.05) is 20.8 Å². The number of aryl methyl sites for hydroxylation is 3. The first-order valence-electron chi connectivity index (χ1n) is 11.6. The van der Waals surface area contributed by atoms with Crippen LogP contribution in [0.15, 0.2) is 69.3 Å². The Balaban J connectivity index is 1.30. The first kappa shape index (κ1) is 22.7. The molecule has 0 spiro atoms. The Bertz CT molecular complexity index is 1310. The first-order chi connectivity index (χ1) is 16.2. The Kier molecular flexibility index (Phi) is 5.76. The third-order valence-corrected chi connectivity index (χ3v) is 9.28. The van der Waals surface area contributed by atoms with E-state index in [9.17, 15) is 9.18 Å². The lowest BCUT2D eigenvalue weighted by atomic mass is 9.98. The Hall–Kier alpha value is -3.05. The normalized spacial score (nSPS) is 21.6. The van der Waals surface area contributed by atoms with Crippen LogP contribution in [0.5, 0.6) is 5.75 Å². The molecule has 2 atom stereocenters. The molecule has 34 heavy (non-hydrogen) atoms. The highest BCUT2D eigenvalue weighted by molar-refractivity contribution is 8.20. The predicted molar refractivity (Wildman–Crippen MR) is 135 cm³/mol. The molecule has 0 saturated carbocycles. The smallest absolute Gasteiger partial charge is 0.345 e. The number of hydrogen-bond donors (Lipinski definition) is 1. The van der Waals surface area contributed by atoms with Gasteiger partial charge in [0.2, 0.25) is 0 Å². The number of ether oxygens (including phenoxy) is 2. The van der Waals surface area contributed by atoms with E-state index in [0.29, 0.717) is 12.8 Å². The molecule has 0 radical (unpaired) electrons. The van der Waals surface area contributed by atoms with Gasteiger partial charge in [-0.2, -0.15) is 10.9 Å². The number of rotatable bonds is 5. The zero-order valence-corrected chi connectivity index (χ0v) is 20.8. The summed E-state index contributed by atoms with van der Waals surface area (Å²) >= 11 is 0. The van der Waals surface area contributed by atoms with Gasteiger partial charge < -0.3 is 9.47 Å². The van der Waals surface area contributed by atoms with E-state index in [1.54, 1.807) is 6.07 Å². The van der Waals surface area contributed by atoms with Crippen LogP contribution in [0.25, 0.3) is 6.08 Å². The van der Waals surface area contributed by atoms with Gasteiger partial charge in [-0.25, -0.2) is 9.18 Å². The molecular formula is C29H29FO3S. The minimum Gasteiger partial charge on any atom is -0.481 e. The molecule has 2 unspecified atom stereocenters. The van der Waals surface area contributed by atoms with Crippen LogP contribution in [-0.2, 0) is 21.6 Å². The molecule has 0 N–H and O–H groups in total. The van der Waals surface area contributed by atoms with Crippen molar-refractivity contribution in [2.75, 3.05) is 6.61 Å². The number of fused-ring (bicyclic) bond motifs is 2. The van der Waals surface area contributed by atoms with Gasteiger partial charge in [-0.3, -0.25) is 0 Å². The lowest BCUT2D eigenvalue weighted by Crippen LogP contribution is -2.29. The van der Waals surface area contributed by atoms with Crippen molar-refractivity contribution in [3.8, 4) is 5.75 Å². The Morgan fingerprint density at radius 1 is 1.06 bits per heavy atom. The number of hydrogen-bond acceptors (Lipinski definition) is 3. The van der Waals surface area contributed by atoms with Crippen molar-refractivity contribution in [3.05, 3.63) is 93.1 Å². The predicted octanol–water partition coefficient (Wildman–Crippen LogP) is 7.02. The molecule has 3 nitrogen and oxygen atoms in total. The summed E-state index contributed by atoms with van der Waals surface area (Å²) in [6.07, 6.45) is 3.61. The van der Waals surface area contributed by atoms with E-state index >= 15 is 0 Å². The van der Waals surface area contributed by atoms with Gasteiger partial charge in [0.25, 0.3) is 0 Å². The molecule has 1 aliphatic heterocycles. The summed E-state index contributed by atoms with van der Waals surface area (Å²) in [5.74, 6) is 0.0412. The second kappa shape index (κ2) is 8.62. The number of thiol groups is 1. The number of carbonyl (C=O) groups is 1. The minimum atomic E-state index is -0.750. The molecule has 176 valence electrons. The third-order valence-electron chi connectivity index (χ3n) is 6.78. The van der Waals surface area contributed by atoms with Crippen LogP contribution < -0.4 is 4.74 Å². The maximum absolute atomic E-state index is 13.6. The van der Waals surface area contributed by atoms with E-state index in [0.717, 1.165) is 28.0 Å². The zero-order valence-electron chi connectivity index (χ0n) is 19.9. The van der Waals surface area contributed by atoms with Crippen LogP contribution in [0.4, 0.5) is 4.39 Å². The molecule has 1 aliphatic carbocycles. The fraction of sp³-hybridized carbons (Fsp3) is 0.276. The topological polar surface area (TPSA) is 35.5 Å². The van der Waals surface area contributed by atoms with Crippen LogP contribution in [0.3, 0.4) is 0 Å². The molecular weight excluding hydrogens is 447 g/mol. The highest BCUT2D eigenvalue weighted by atomic mass is 32.2. The average molecular weight is 477 g/mol. The fourth-order valence-corrected chi connectivity index (χ4v) is 7.84. The van der Waals surface area contributed by atoms with Crippen molar-refractivity contribution in [2.45, 2.75) is 55.9 Å². The quantitative estimate of drug-likeness (QED) is 0.317.